The molecule has 0 aliphatic rings. The second-order valence-electron chi connectivity index (χ2n) is 3.82. The molecule has 5 heteroatoms. The first-order valence-corrected chi connectivity index (χ1v) is 5.65. The number of nitrogens with two attached hydrogens (primary N) is 1. The van der Waals surface area contributed by atoms with E-state index in [0.717, 1.165) is 5.56 Å². The molecule has 0 atom stereocenters. The third-order valence-corrected chi connectivity index (χ3v) is 2.60. The number of hydrogen-bond donors (Lipinski definition) is 1. The normalized spacial score (nSPS) is 9.68. The monoisotopic (exact) mass is 255 g/mol. The van der Waals surface area contributed by atoms with E-state index in [1.165, 1.54) is 0 Å². The Hall–Kier alpha value is -2.74. The lowest BCUT2D eigenvalue weighted by molar-refractivity contribution is 0.306. The minimum atomic E-state index is 0.243. The summed E-state index contributed by atoms with van der Waals surface area (Å²) in [6, 6.07) is 10.8. The van der Waals surface area contributed by atoms with Gasteiger partial charge in [0.2, 0.25) is 0 Å². The van der Waals surface area contributed by atoms with Crippen LogP contribution in [0.15, 0.2) is 36.5 Å². The quantitative estimate of drug-likeness (QED) is 0.846. The van der Waals surface area contributed by atoms with Crippen molar-refractivity contribution in [1.29, 1.82) is 5.26 Å². The van der Waals surface area contributed by atoms with Crippen LogP contribution in [-0.4, -0.2) is 12.1 Å². The molecule has 1 aromatic heterocycles. The van der Waals surface area contributed by atoms with Crippen LogP contribution in [0.4, 0.5) is 5.69 Å². The molecule has 0 unspecified atom stereocenters. The number of rotatable bonds is 4. The summed E-state index contributed by atoms with van der Waals surface area (Å²) in [6.45, 7) is 0.243. The highest BCUT2D eigenvalue weighted by Crippen LogP contribution is 2.27. The van der Waals surface area contributed by atoms with Gasteiger partial charge in [0.05, 0.1) is 12.8 Å². The molecule has 0 aliphatic carbocycles. The molecule has 2 aromatic rings. The van der Waals surface area contributed by atoms with Crippen molar-refractivity contribution in [2.45, 2.75) is 6.61 Å². The third kappa shape index (κ3) is 2.93. The number of hydrogen-bond acceptors (Lipinski definition) is 5. The molecule has 0 amide bonds. The van der Waals surface area contributed by atoms with Crippen LogP contribution >= 0.6 is 0 Å². The molecule has 1 heterocycles. The minimum Gasteiger partial charge on any atom is -0.497 e. The zero-order chi connectivity index (χ0) is 13.7. The summed E-state index contributed by atoms with van der Waals surface area (Å²) in [5, 5.41) is 8.93. The van der Waals surface area contributed by atoms with Gasteiger partial charge in [0, 0.05) is 17.8 Å². The first-order chi connectivity index (χ1) is 9.24. The van der Waals surface area contributed by atoms with E-state index < -0.39 is 0 Å². The van der Waals surface area contributed by atoms with Gasteiger partial charge in [-0.15, -0.1) is 0 Å². The van der Waals surface area contributed by atoms with E-state index in [4.69, 9.17) is 20.5 Å². The van der Waals surface area contributed by atoms with Crippen LogP contribution in [0.1, 0.15) is 11.3 Å². The van der Waals surface area contributed by atoms with Crippen LogP contribution < -0.4 is 15.2 Å². The van der Waals surface area contributed by atoms with Crippen molar-refractivity contribution >= 4 is 5.69 Å². The van der Waals surface area contributed by atoms with Crippen molar-refractivity contribution in [3.05, 3.63) is 47.8 Å². The van der Waals surface area contributed by atoms with Gasteiger partial charge >= 0.3 is 0 Å². The topological polar surface area (TPSA) is 81.2 Å². The highest BCUT2D eigenvalue weighted by molar-refractivity contribution is 5.56. The lowest BCUT2D eigenvalue weighted by atomic mass is 10.2. The van der Waals surface area contributed by atoms with Crippen molar-refractivity contribution in [1.82, 2.24) is 4.98 Å². The third-order valence-electron chi connectivity index (χ3n) is 2.60. The summed E-state index contributed by atoms with van der Waals surface area (Å²) in [6.07, 6.45) is 1.57. The molecule has 0 radical (unpaired) electrons. The summed E-state index contributed by atoms with van der Waals surface area (Å²) in [5.74, 6) is 1.22. The number of nitrogen functional groups attached to an aromatic ring is 1. The molecule has 96 valence electrons. The Morgan fingerprint density at radius 2 is 2.21 bits per heavy atom. The highest BCUT2D eigenvalue weighted by Gasteiger charge is 2.06. The van der Waals surface area contributed by atoms with Gasteiger partial charge in [-0.25, -0.2) is 4.98 Å². The Morgan fingerprint density at radius 1 is 1.37 bits per heavy atom. The van der Waals surface area contributed by atoms with E-state index in [9.17, 15) is 0 Å². The SMILES string of the molecule is COc1ccc(OCc2cccnc2C#N)c(N)c1. The predicted octanol–water partition coefficient (Wildman–Crippen LogP) is 2.12. The molecule has 1 aromatic carbocycles. The van der Waals surface area contributed by atoms with Crippen molar-refractivity contribution in [2.75, 3.05) is 12.8 Å². The van der Waals surface area contributed by atoms with E-state index in [1.54, 1.807) is 43.6 Å². The fourth-order valence-corrected chi connectivity index (χ4v) is 1.60. The van der Waals surface area contributed by atoms with Crippen molar-refractivity contribution in [3.63, 3.8) is 0 Å². The molecule has 0 fully saturated rings. The van der Waals surface area contributed by atoms with E-state index >= 15 is 0 Å². The van der Waals surface area contributed by atoms with Gasteiger partial charge in [-0.3, -0.25) is 0 Å². The molecule has 19 heavy (non-hydrogen) atoms. The molecule has 0 spiro atoms. The number of benzene rings is 1. The zero-order valence-corrected chi connectivity index (χ0v) is 10.5. The largest absolute Gasteiger partial charge is 0.497 e. The number of nitrogens with zero attached hydrogens (tertiary/aromatic N) is 2. The number of ether oxygens (including phenoxy) is 2. The summed E-state index contributed by atoms with van der Waals surface area (Å²) in [5.41, 5.74) is 7.41. The Bertz CT molecular complexity index is 620. The molecule has 2 N–H and O–H groups in total. The summed E-state index contributed by atoms with van der Waals surface area (Å²) >= 11 is 0. The molecule has 0 saturated heterocycles. The number of anilines is 1. The van der Waals surface area contributed by atoms with Crippen molar-refractivity contribution < 1.29 is 9.47 Å². The van der Waals surface area contributed by atoms with E-state index in [2.05, 4.69) is 4.98 Å². The Kier molecular flexibility index (Phi) is 3.84. The first kappa shape index (κ1) is 12.7. The number of nitriles is 1. The average Bonchev–Trinajstić information content (AvgIpc) is 2.46. The number of methoxy groups -OCH3 is 1. The van der Waals surface area contributed by atoms with Crippen LogP contribution in [0.5, 0.6) is 11.5 Å². The van der Waals surface area contributed by atoms with Crippen molar-refractivity contribution in [3.8, 4) is 17.6 Å². The molecule has 0 saturated carbocycles. The van der Waals surface area contributed by atoms with Crippen LogP contribution in [0.3, 0.4) is 0 Å². The number of aromatic nitrogens is 1. The molecule has 0 bridgehead atoms. The fourth-order valence-electron chi connectivity index (χ4n) is 1.60. The maximum absolute atomic E-state index is 8.93. The minimum absolute atomic E-state index is 0.243. The molecular weight excluding hydrogens is 242 g/mol. The standard InChI is InChI=1S/C14H13N3O2/c1-18-11-4-5-14(12(16)7-11)19-9-10-3-2-6-17-13(10)8-15/h2-7H,9,16H2,1H3. The predicted molar refractivity (Wildman–Crippen MR) is 70.7 cm³/mol. The first-order valence-electron chi connectivity index (χ1n) is 5.65. The van der Waals surface area contributed by atoms with Crippen LogP contribution in [0, 0.1) is 11.3 Å². The maximum atomic E-state index is 8.93. The second-order valence-corrected chi connectivity index (χ2v) is 3.82. The van der Waals surface area contributed by atoms with Crippen LogP contribution in [0.25, 0.3) is 0 Å². The molecule has 5 nitrogen and oxygen atoms in total. The van der Waals surface area contributed by atoms with Crippen molar-refractivity contribution in [2.24, 2.45) is 0 Å². The Labute approximate surface area is 111 Å². The molecule has 0 aliphatic heterocycles. The second kappa shape index (κ2) is 5.74. The fraction of sp³-hybridized carbons (Fsp3) is 0.143. The smallest absolute Gasteiger partial charge is 0.147 e. The van der Waals surface area contributed by atoms with Crippen LogP contribution in [0.2, 0.25) is 0 Å². The lowest BCUT2D eigenvalue weighted by Crippen LogP contribution is -2.02. The molecular formula is C14H13N3O2. The highest BCUT2D eigenvalue weighted by atomic mass is 16.5. The lowest BCUT2D eigenvalue weighted by Gasteiger charge is -2.10. The summed E-state index contributed by atoms with van der Waals surface area (Å²) in [4.78, 5) is 3.97. The Balaban J connectivity index is 2.13. The summed E-state index contributed by atoms with van der Waals surface area (Å²) < 4.78 is 10.7. The molecule has 2 rings (SSSR count). The van der Waals surface area contributed by atoms with Gasteiger partial charge in [-0.2, -0.15) is 5.26 Å². The van der Waals surface area contributed by atoms with Gasteiger partial charge in [0.25, 0.3) is 0 Å². The Morgan fingerprint density at radius 3 is 2.89 bits per heavy atom. The zero-order valence-electron chi connectivity index (χ0n) is 10.5. The number of pyridine rings is 1. The van der Waals surface area contributed by atoms with E-state index in [0.29, 0.717) is 22.9 Å². The van der Waals surface area contributed by atoms with E-state index in [1.807, 2.05) is 6.07 Å². The van der Waals surface area contributed by atoms with Gasteiger partial charge in [0.1, 0.15) is 29.9 Å². The maximum Gasteiger partial charge on any atom is 0.147 e. The van der Waals surface area contributed by atoms with Gasteiger partial charge in [-0.1, -0.05) is 6.07 Å². The summed E-state index contributed by atoms with van der Waals surface area (Å²) in [7, 11) is 1.57. The van der Waals surface area contributed by atoms with Crippen LogP contribution in [-0.2, 0) is 6.61 Å². The van der Waals surface area contributed by atoms with E-state index in [-0.39, 0.29) is 6.61 Å². The van der Waals surface area contributed by atoms with Gasteiger partial charge in [0.15, 0.2) is 0 Å². The average molecular weight is 255 g/mol. The van der Waals surface area contributed by atoms with Gasteiger partial charge < -0.3 is 15.2 Å². The van der Waals surface area contributed by atoms with Gasteiger partial charge in [-0.05, 0) is 18.2 Å².